The van der Waals surface area contributed by atoms with Crippen LogP contribution in [0.25, 0.3) is 0 Å². The fourth-order valence-corrected chi connectivity index (χ4v) is 4.17. The van der Waals surface area contributed by atoms with Crippen LogP contribution in [0.5, 0.6) is 0 Å². The second kappa shape index (κ2) is 15.7. The normalized spacial score (nSPS) is 13.9. The summed E-state index contributed by atoms with van der Waals surface area (Å²) in [7, 11) is -4.31. The van der Waals surface area contributed by atoms with Crippen LogP contribution in [-0.4, -0.2) is 42.7 Å². The monoisotopic (exact) mass is 435 g/mol. The number of esters is 1. The molecule has 2 atom stereocenters. The fraction of sp³-hybridized carbons (Fsp3) is 0.905. The van der Waals surface area contributed by atoms with Crippen molar-refractivity contribution in [1.29, 1.82) is 0 Å². The first-order valence-electron chi connectivity index (χ1n) is 10.9. The van der Waals surface area contributed by atoms with Gasteiger partial charge in [0.15, 0.2) is 0 Å². The second-order valence-corrected chi connectivity index (χ2v) is 9.85. The molecule has 0 saturated carbocycles. The smallest absolute Gasteiger partial charge is 0.302 e. The second-order valence-electron chi connectivity index (χ2n) is 8.36. The Morgan fingerprint density at radius 2 is 1.31 bits per heavy atom. The van der Waals surface area contributed by atoms with Crippen LogP contribution in [-0.2, 0) is 24.4 Å². The Balaban J connectivity index is 4.21. The average molecular weight is 436 g/mol. The third-order valence-electron chi connectivity index (χ3n) is 4.82. The molecule has 0 spiro atoms. The van der Waals surface area contributed by atoms with Gasteiger partial charge in [-0.3, -0.25) is 14.1 Å². The Labute approximate surface area is 177 Å². The van der Waals surface area contributed by atoms with Crippen LogP contribution >= 0.6 is 0 Å². The lowest BCUT2D eigenvalue weighted by Gasteiger charge is -2.26. The molecule has 2 N–H and O–H groups in total. The van der Waals surface area contributed by atoms with Crippen LogP contribution in [0.2, 0.25) is 0 Å². The van der Waals surface area contributed by atoms with E-state index in [0.717, 1.165) is 31.6 Å². The van der Waals surface area contributed by atoms with E-state index in [1.807, 2.05) is 0 Å². The van der Waals surface area contributed by atoms with Crippen LogP contribution in [0.3, 0.4) is 0 Å². The molecule has 0 saturated heterocycles. The van der Waals surface area contributed by atoms with Crippen molar-refractivity contribution in [2.45, 2.75) is 110 Å². The van der Waals surface area contributed by atoms with Crippen molar-refractivity contribution in [3.8, 4) is 0 Å². The SMILES string of the molecule is CC(=O)NC(CS(=O)(=O)O)C(CCCCCCCCCCCC(C)C)OC(C)=O. The molecule has 0 fully saturated rings. The number of hydrogen-bond donors (Lipinski definition) is 2. The highest BCUT2D eigenvalue weighted by molar-refractivity contribution is 7.85. The number of hydrogen-bond acceptors (Lipinski definition) is 5. The molecule has 29 heavy (non-hydrogen) atoms. The van der Waals surface area contributed by atoms with Crippen molar-refractivity contribution < 1.29 is 27.3 Å². The summed E-state index contributed by atoms with van der Waals surface area (Å²) in [5.74, 6) is -0.877. The Hall–Kier alpha value is -1.15. The van der Waals surface area contributed by atoms with Crippen LogP contribution in [0.1, 0.15) is 98.3 Å². The molecule has 0 aromatic heterocycles. The third kappa shape index (κ3) is 18.6. The minimum atomic E-state index is -4.31. The highest BCUT2D eigenvalue weighted by Crippen LogP contribution is 2.16. The number of unbranched alkanes of at least 4 members (excludes halogenated alkanes) is 8. The summed E-state index contributed by atoms with van der Waals surface area (Å²) in [6.07, 6.45) is 11.3. The van der Waals surface area contributed by atoms with Crippen molar-refractivity contribution in [3.05, 3.63) is 0 Å². The zero-order chi connectivity index (χ0) is 22.3. The molecule has 0 radical (unpaired) electrons. The summed E-state index contributed by atoms with van der Waals surface area (Å²) in [6.45, 7) is 7.01. The minimum absolute atomic E-state index is 0.440. The number of ether oxygens (including phenoxy) is 1. The molecule has 0 heterocycles. The highest BCUT2D eigenvalue weighted by atomic mass is 32.2. The summed E-state index contributed by atoms with van der Waals surface area (Å²) in [4.78, 5) is 22.8. The van der Waals surface area contributed by atoms with Crippen molar-refractivity contribution >= 4 is 22.0 Å². The van der Waals surface area contributed by atoms with Crippen molar-refractivity contribution in [2.24, 2.45) is 5.92 Å². The lowest BCUT2D eigenvalue weighted by Crippen LogP contribution is -2.48. The van der Waals surface area contributed by atoms with E-state index in [4.69, 9.17) is 9.29 Å². The van der Waals surface area contributed by atoms with Gasteiger partial charge in [0.25, 0.3) is 10.1 Å². The van der Waals surface area contributed by atoms with Crippen LogP contribution < -0.4 is 5.32 Å². The first-order chi connectivity index (χ1) is 13.5. The molecular formula is C21H41NO6S. The zero-order valence-corrected chi connectivity index (χ0v) is 19.4. The van der Waals surface area contributed by atoms with E-state index in [-0.39, 0.29) is 0 Å². The largest absolute Gasteiger partial charge is 0.460 e. The first kappa shape index (κ1) is 27.8. The van der Waals surface area contributed by atoms with Gasteiger partial charge in [0.05, 0.1) is 11.8 Å². The summed E-state index contributed by atoms with van der Waals surface area (Å²) in [5.41, 5.74) is 0. The zero-order valence-electron chi connectivity index (χ0n) is 18.6. The maximum absolute atomic E-state index is 11.4. The summed E-state index contributed by atoms with van der Waals surface area (Å²) in [6, 6.07) is -0.961. The number of nitrogens with one attached hydrogen (secondary N) is 1. The van der Waals surface area contributed by atoms with Crippen LogP contribution in [0, 0.1) is 5.92 Å². The average Bonchev–Trinajstić information content (AvgIpc) is 2.55. The van der Waals surface area contributed by atoms with E-state index in [2.05, 4.69) is 19.2 Å². The number of rotatable bonds is 17. The maximum atomic E-state index is 11.4. The van der Waals surface area contributed by atoms with Crippen molar-refractivity contribution in [1.82, 2.24) is 5.32 Å². The van der Waals surface area contributed by atoms with Gasteiger partial charge in [0, 0.05) is 13.8 Å². The van der Waals surface area contributed by atoms with Gasteiger partial charge in [-0.2, -0.15) is 8.42 Å². The third-order valence-corrected chi connectivity index (χ3v) is 5.60. The van der Waals surface area contributed by atoms with Crippen molar-refractivity contribution in [2.75, 3.05) is 5.75 Å². The van der Waals surface area contributed by atoms with Gasteiger partial charge in [0.2, 0.25) is 5.91 Å². The lowest BCUT2D eigenvalue weighted by atomic mass is 10.0. The van der Waals surface area contributed by atoms with E-state index in [1.165, 1.54) is 52.4 Å². The molecule has 2 unspecified atom stereocenters. The van der Waals surface area contributed by atoms with Gasteiger partial charge in [-0.15, -0.1) is 0 Å². The topological polar surface area (TPSA) is 110 Å². The molecule has 0 rings (SSSR count). The van der Waals surface area contributed by atoms with Crippen molar-refractivity contribution in [3.63, 3.8) is 0 Å². The van der Waals surface area contributed by atoms with E-state index in [0.29, 0.717) is 6.42 Å². The minimum Gasteiger partial charge on any atom is -0.460 e. The van der Waals surface area contributed by atoms with Crippen LogP contribution in [0.4, 0.5) is 0 Å². The molecule has 0 aliphatic heterocycles. The highest BCUT2D eigenvalue weighted by Gasteiger charge is 2.29. The van der Waals surface area contributed by atoms with E-state index in [1.54, 1.807) is 0 Å². The summed E-state index contributed by atoms with van der Waals surface area (Å²) < 4.78 is 36.9. The van der Waals surface area contributed by atoms with E-state index < -0.39 is 39.9 Å². The molecule has 7 nitrogen and oxygen atoms in total. The number of carbonyl (C=O) groups excluding carboxylic acids is 2. The molecule has 1 amide bonds. The summed E-state index contributed by atoms with van der Waals surface area (Å²) >= 11 is 0. The van der Waals surface area contributed by atoms with Gasteiger partial charge in [-0.25, -0.2) is 0 Å². The molecule has 0 aromatic carbocycles. The Kier molecular flexibility index (Phi) is 15.0. The quantitative estimate of drug-likeness (QED) is 0.201. The summed E-state index contributed by atoms with van der Waals surface area (Å²) in [5, 5.41) is 2.48. The van der Waals surface area contributed by atoms with E-state index in [9.17, 15) is 18.0 Å². The van der Waals surface area contributed by atoms with Gasteiger partial charge in [-0.05, 0) is 18.8 Å². The predicted octanol–water partition coefficient (Wildman–Crippen LogP) is 4.26. The predicted molar refractivity (Wildman–Crippen MR) is 115 cm³/mol. The van der Waals surface area contributed by atoms with Crippen LogP contribution in [0.15, 0.2) is 0 Å². The van der Waals surface area contributed by atoms with E-state index >= 15 is 0 Å². The molecule has 8 heteroatoms. The number of carbonyl (C=O) groups is 2. The van der Waals surface area contributed by atoms with Gasteiger partial charge in [-0.1, -0.05) is 71.6 Å². The Bertz CT molecular complexity index is 562. The first-order valence-corrected chi connectivity index (χ1v) is 12.5. The Morgan fingerprint density at radius 1 is 0.862 bits per heavy atom. The van der Waals surface area contributed by atoms with Gasteiger partial charge < -0.3 is 10.1 Å². The molecule has 172 valence electrons. The standard InChI is InChI=1S/C21H41NO6S/c1-17(2)14-12-10-8-6-5-7-9-11-13-15-21(28-19(4)24)20(22-18(3)23)16-29(25,26)27/h17,20-21H,5-16H2,1-4H3,(H,22,23)(H,25,26,27). The molecule has 0 bridgehead atoms. The number of amides is 1. The maximum Gasteiger partial charge on any atom is 0.302 e. The molecule has 0 aliphatic carbocycles. The Morgan fingerprint density at radius 3 is 1.69 bits per heavy atom. The lowest BCUT2D eigenvalue weighted by molar-refractivity contribution is -0.148. The fourth-order valence-electron chi connectivity index (χ4n) is 3.42. The van der Waals surface area contributed by atoms with Gasteiger partial charge in [0.1, 0.15) is 6.10 Å². The molecular weight excluding hydrogens is 394 g/mol. The molecule has 0 aromatic rings. The van der Waals surface area contributed by atoms with Gasteiger partial charge >= 0.3 is 5.97 Å². The molecule has 0 aliphatic rings.